The van der Waals surface area contributed by atoms with Crippen molar-refractivity contribution in [3.63, 3.8) is 0 Å². The Morgan fingerprint density at radius 1 is 1.47 bits per heavy atom. The van der Waals surface area contributed by atoms with Crippen LogP contribution in [0.25, 0.3) is 0 Å². The largest absolute Gasteiger partial charge is 0.372 e. The zero-order valence-corrected chi connectivity index (χ0v) is 11.0. The molecule has 0 bridgehead atoms. The van der Waals surface area contributed by atoms with Gasteiger partial charge in [-0.15, -0.1) is 0 Å². The molecule has 1 heterocycles. The van der Waals surface area contributed by atoms with Crippen LogP contribution in [0.1, 0.15) is 12.8 Å². The average Bonchev–Trinajstić information content (AvgIpc) is 3.11. The highest BCUT2D eigenvalue weighted by molar-refractivity contribution is 9.10. The minimum absolute atomic E-state index is 0.0102. The standard InChI is InChI=1S/C10H14BrN5O/c1-12-9-8(11)10(15-5-14-9)13-4-7(17)16-6-2-3-6/h5-6H,2-4H2,1H3,(H,16,17)(H2,12,13,14,15). The first-order valence-electron chi connectivity index (χ1n) is 5.42. The number of hydrogen-bond acceptors (Lipinski definition) is 5. The van der Waals surface area contributed by atoms with E-state index in [4.69, 9.17) is 0 Å². The van der Waals surface area contributed by atoms with Gasteiger partial charge in [0.15, 0.2) is 0 Å². The molecule has 2 rings (SSSR count). The van der Waals surface area contributed by atoms with Crippen molar-refractivity contribution in [1.29, 1.82) is 0 Å². The molecule has 0 spiro atoms. The molecule has 1 aromatic rings. The van der Waals surface area contributed by atoms with Crippen molar-refractivity contribution in [3.05, 3.63) is 10.8 Å². The lowest BCUT2D eigenvalue weighted by Gasteiger charge is -2.09. The highest BCUT2D eigenvalue weighted by Gasteiger charge is 2.23. The van der Waals surface area contributed by atoms with E-state index in [0.29, 0.717) is 17.7 Å². The highest BCUT2D eigenvalue weighted by atomic mass is 79.9. The summed E-state index contributed by atoms with van der Waals surface area (Å²) < 4.78 is 0.724. The molecule has 1 saturated carbocycles. The molecule has 6 nitrogen and oxygen atoms in total. The van der Waals surface area contributed by atoms with Crippen LogP contribution in [-0.4, -0.2) is 35.5 Å². The third-order valence-electron chi connectivity index (χ3n) is 2.39. The summed E-state index contributed by atoms with van der Waals surface area (Å²) in [5.74, 6) is 1.28. The van der Waals surface area contributed by atoms with Gasteiger partial charge in [-0.05, 0) is 28.8 Å². The van der Waals surface area contributed by atoms with Crippen molar-refractivity contribution in [2.75, 3.05) is 24.2 Å². The smallest absolute Gasteiger partial charge is 0.239 e. The van der Waals surface area contributed by atoms with Crippen LogP contribution in [0.4, 0.5) is 11.6 Å². The van der Waals surface area contributed by atoms with E-state index >= 15 is 0 Å². The number of hydrogen-bond donors (Lipinski definition) is 3. The molecular formula is C10H14BrN5O. The maximum Gasteiger partial charge on any atom is 0.239 e. The second-order valence-corrected chi connectivity index (χ2v) is 4.62. The molecule has 0 aliphatic heterocycles. The van der Waals surface area contributed by atoms with E-state index in [1.165, 1.54) is 6.33 Å². The van der Waals surface area contributed by atoms with E-state index in [0.717, 1.165) is 17.3 Å². The minimum Gasteiger partial charge on any atom is -0.372 e. The van der Waals surface area contributed by atoms with Crippen LogP contribution in [-0.2, 0) is 4.79 Å². The van der Waals surface area contributed by atoms with Gasteiger partial charge in [-0.1, -0.05) is 0 Å². The number of aromatic nitrogens is 2. The van der Waals surface area contributed by atoms with Crippen molar-refractivity contribution in [1.82, 2.24) is 15.3 Å². The van der Waals surface area contributed by atoms with Gasteiger partial charge < -0.3 is 16.0 Å². The minimum atomic E-state index is -0.0102. The summed E-state index contributed by atoms with van der Waals surface area (Å²) in [6.07, 6.45) is 3.62. The number of amides is 1. The van der Waals surface area contributed by atoms with Crippen molar-refractivity contribution >= 4 is 33.5 Å². The Kier molecular flexibility index (Phi) is 3.78. The molecule has 0 aromatic carbocycles. The lowest BCUT2D eigenvalue weighted by Crippen LogP contribution is -2.31. The van der Waals surface area contributed by atoms with E-state index in [1.807, 2.05) is 0 Å². The van der Waals surface area contributed by atoms with Gasteiger partial charge in [0.25, 0.3) is 0 Å². The van der Waals surface area contributed by atoms with Crippen molar-refractivity contribution < 1.29 is 4.79 Å². The summed E-state index contributed by atoms with van der Waals surface area (Å²) in [6, 6.07) is 0.381. The Balaban J connectivity index is 1.91. The number of carbonyl (C=O) groups excluding carboxylic acids is 1. The molecule has 1 amide bonds. The van der Waals surface area contributed by atoms with Gasteiger partial charge in [-0.2, -0.15) is 0 Å². The zero-order valence-electron chi connectivity index (χ0n) is 9.46. The first-order valence-corrected chi connectivity index (χ1v) is 6.21. The van der Waals surface area contributed by atoms with Crippen LogP contribution >= 0.6 is 15.9 Å². The Hall–Kier alpha value is -1.37. The molecule has 17 heavy (non-hydrogen) atoms. The number of carbonyl (C=O) groups is 1. The van der Waals surface area contributed by atoms with Crippen LogP contribution in [0.2, 0.25) is 0 Å². The van der Waals surface area contributed by atoms with Crippen molar-refractivity contribution in [2.24, 2.45) is 0 Å². The molecule has 1 aliphatic rings. The van der Waals surface area contributed by atoms with Crippen LogP contribution < -0.4 is 16.0 Å². The Bertz CT molecular complexity index is 421. The van der Waals surface area contributed by atoms with Gasteiger partial charge in [-0.25, -0.2) is 9.97 Å². The number of nitrogens with zero attached hydrogens (tertiary/aromatic N) is 2. The molecule has 3 N–H and O–H groups in total. The Labute approximate surface area is 108 Å². The summed E-state index contributed by atoms with van der Waals surface area (Å²) in [5, 5.41) is 8.79. The molecule has 1 aliphatic carbocycles. The van der Waals surface area contributed by atoms with Gasteiger partial charge in [0.05, 0.1) is 6.54 Å². The lowest BCUT2D eigenvalue weighted by atomic mass is 10.5. The van der Waals surface area contributed by atoms with Gasteiger partial charge in [0.1, 0.15) is 22.4 Å². The maximum absolute atomic E-state index is 11.5. The fourth-order valence-corrected chi connectivity index (χ4v) is 1.88. The first-order chi connectivity index (χ1) is 8.20. The summed E-state index contributed by atoms with van der Waals surface area (Å²) in [4.78, 5) is 19.6. The van der Waals surface area contributed by atoms with Gasteiger partial charge in [0.2, 0.25) is 5.91 Å². The SMILES string of the molecule is CNc1ncnc(NCC(=O)NC2CC2)c1Br. The van der Waals surface area contributed by atoms with E-state index in [-0.39, 0.29) is 12.5 Å². The predicted molar refractivity (Wildman–Crippen MR) is 68.9 cm³/mol. The molecular weight excluding hydrogens is 286 g/mol. The molecule has 0 radical (unpaired) electrons. The molecule has 1 fully saturated rings. The fraction of sp³-hybridized carbons (Fsp3) is 0.500. The summed E-state index contributed by atoms with van der Waals surface area (Å²) in [7, 11) is 1.77. The number of rotatable bonds is 5. The Morgan fingerprint density at radius 2 is 2.18 bits per heavy atom. The van der Waals surface area contributed by atoms with E-state index < -0.39 is 0 Å². The summed E-state index contributed by atoms with van der Waals surface area (Å²) >= 11 is 3.37. The number of halogens is 1. The van der Waals surface area contributed by atoms with Gasteiger partial charge in [0, 0.05) is 13.1 Å². The molecule has 92 valence electrons. The highest BCUT2D eigenvalue weighted by Crippen LogP contribution is 2.25. The molecule has 1 aromatic heterocycles. The second-order valence-electron chi connectivity index (χ2n) is 3.83. The first kappa shape index (κ1) is 12.1. The molecule has 7 heteroatoms. The zero-order chi connectivity index (χ0) is 12.3. The lowest BCUT2D eigenvalue weighted by molar-refractivity contribution is -0.119. The summed E-state index contributed by atoms with van der Waals surface area (Å²) in [5.41, 5.74) is 0. The quantitative estimate of drug-likeness (QED) is 0.755. The van der Waals surface area contributed by atoms with Gasteiger partial charge >= 0.3 is 0 Å². The topological polar surface area (TPSA) is 78.9 Å². The van der Waals surface area contributed by atoms with Crippen molar-refractivity contribution in [3.8, 4) is 0 Å². The van der Waals surface area contributed by atoms with Crippen molar-refractivity contribution in [2.45, 2.75) is 18.9 Å². The van der Waals surface area contributed by atoms with E-state index in [1.54, 1.807) is 7.05 Å². The summed E-state index contributed by atoms with van der Waals surface area (Å²) in [6.45, 7) is 0.218. The van der Waals surface area contributed by atoms with Crippen LogP contribution in [0.5, 0.6) is 0 Å². The fourth-order valence-electron chi connectivity index (χ4n) is 1.34. The molecule has 0 atom stereocenters. The maximum atomic E-state index is 11.5. The van der Waals surface area contributed by atoms with Crippen LogP contribution in [0.15, 0.2) is 10.8 Å². The third kappa shape index (κ3) is 3.29. The predicted octanol–water partition coefficient (Wildman–Crippen LogP) is 0.971. The van der Waals surface area contributed by atoms with E-state index in [9.17, 15) is 4.79 Å². The Morgan fingerprint density at radius 3 is 2.82 bits per heavy atom. The normalized spacial score (nSPS) is 14.2. The third-order valence-corrected chi connectivity index (χ3v) is 3.14. The van der Waals surface area contributed by atoms with E-state index in [2.05, 4.69) is 41.8 Å². The number of nitrogens with one attached hydrogen (secondary N) is 3. The molecule has 0 unspecified atom stereocenters. The van der Waals surface area contributed by atoms with Gasteiger partial charge in [-0.3, -0.25) is 4.79 Å². The molecule has 0 saturated heterocycles. The second kappa shape index (κ2) is 5.31. The average molecular weight is 300 g/mol. The van der Waals surface area contributed by atoms with Crippen LogP contribution in [0, 0.1) is 0 Å². The number of anilines is 2. The van der Waals surface area contributed by atoms with Crippen LogP contribution in [0.3, 0.4) is 0 Å². The monoisotopic (exact) mass is 299 g/mol.